The van der Waals surface area contributed by atoms with Crippen molar-refractivity contribution >= 4 is 5.91 Å². The topological polar surface area (TPSA) is 51.2 Å². The third kappa shape index (κ3) is 4.91. The van der Waals surface area contributed by atoms with Crippen LogP contribution in [0, 0.1) is 0 Å². The number of nitrogens with one attached hydrogen (secondary N) is 1. The quantitative estimate of drug-likeness (QED) is 0.938. The normalized spacial score (nSPS) is 11.0. The number of carbonyl (C=O) groups is 1. The van der Waals surface area contributed by atoms with Gasteiger partial charge in [0.05, 0.1) is 5.56 Å². The molecule has 0 atom stereocenters. The number of hydrogen-bond donors (Lipinski definition) is 1. The van der Waals surface area contributed by atoms with E-state index in [2.05, 4.69) is 10.3 Å². The molecule has 1 N–H and O–H groups in total. The summed E-state index contributed by atoms with van der Waals surface area (Å²) >= 11 is 0. The van der Waals surface area contributed by atoms with Gasteiger partial charge < -0.3 is 10.1 Å². The summed E-state index contributed by atoms with van der Waals surface area (Å²) in [5.41, 5.74) is 1.34. The lowest BCUT2D eigenvalue weighted by Crippen LogP contribution is -2.40. The van der Waals surface area contributed by atoms with Crippen molar-refractivity contribution in [3.63, 3.8) is 0 Å². The van der Waals surface area contributed by atoms with Gasteiger partial charge in [0, 0.05) is 17.8 Å². The van der Waals surface area contributed by atoms with Crippen molar-refractivity contribution in [2.45, 2.75) is 32.9 Å². The first kappa shape index (κ1) is 15.0. The first-order valence-electron chi connectivity index (χ1n) is 6.89. The molecule has 1 aromatic carbocycles. The molecular weight excluding hydrogens is 264 g/mol. The Morgan fingerprint density at radius 2 is 1.86 bits per heavy atom. The molecule has 21 heavy (non-hydrogen) atoms. The standard InChI is InChI=1S/C17H20N2O2/c1-17(2,3)19-16(20)14-9-10-15(18-11-14)21-12-13-7-5-4-6-8-13/h4-11H,12H2,1-3H3,(H,19,20). The second-order valence-electron chi connectivity index (χ2n) is 5.86. The van der Waals surface area contributed by atoms with E-state index in [1.54, 1.807) is 12.1 Å². The highest BCUT2D eigenvalue weighted by atomic mass is 16.5. The summed E-state index contributed by atoms with van der Waals surface area (Å²) < 4.78 is 5.58. The van der Waals surface area contributed by atoms with Crippen LogP contribution in [0.2, 0.25) is 0 Å². The van der Waals surface area contributed by atoms with Crippen LogP contribution < -0.4 is 10.1 Å². The molecule has 2 aromatic rings. The maximum Gasteiger partial charge on any atom is 0.253 e. The molecule has 1 aromatic heterocycles. The molecule has 4 heteroatoms. The zero-order chi connectivity index (χ0) is 15.3. The summed E-state index contributed by atoms with van der Waals surface area (Å²) in [5.74, 6) is 0.371. The Morgan fingerprint density at radius 1 is 1.14 bits per heavy atom. The Labute approximate surface area is 125 Å². The number of aromatic nitrogens is 1. The monoisotopic (exact) mass is 284 g/mol. The minimum Gasteiger partial charge on any atom is -0.473 e. The van der Waals surface area contributed by atoms with Crippen LogP contribution in [0.4, 0.5) is 0 Å². The van der Waals surface area contributed by atoms with Crippen LogP contribution in [-0.2, 0) is 6.61 Å². The highest BCUT2D eigenvalue weighted by Crippen LogP contribution is 2.11. The lowest BCUT2D eigenvalue weighted by atomic mass is 10.1. The van der Waals surface area contributed by atoms with E-state index in [0.29, 0.717) is 18.1 Å². The lowest BCUT2D eigenvalue weighted by Gasteiger charge is -2.20. The first-order valence-corrected chi connectivity index (χ1v) is 6.89. The molecule has 0 saturated carbocycles. The molecule has 0 aliphatic heterocycles. The van der Waals surface area contributed by atoms with Gasteiger partial charge in [-0.05, 0) is 32.4 Å². The van der Waals surface area contributed by atoms with Crippen molar-refractivity contribution in [1.29, 1.82) is 0 Å². The number of carbonyl (C=O) groups excluding carboxylic acids is 1. The zero-order valence-corrected chi connectivity index (χ0v) is 12.6. The number of pyridine rings is 1. The molecule has 2 rings (SSSR count). The van der Waals surface area contributed by atoms with Crippen LogP contribution >= 0.6 is 0 Å². The fraction of sp³-hybridized carbons (Fsp3) is 0.294. The molecule has 4 nitrogen and oxygen atoms in total. The molecule has 0 aliphatic rings. The number of amides is 1. The lowest BCUT2D eigenvalue weighted by molar-refractivity contribution is 0.0919. The molecule has 1 heterocycles. The van der Waals surface area contributed by atoms with Gasteiger partial charge >= 0.3 is 0 Å². The van der Waals surface area contributed by atoms with E-state index >= 15 is 0 Å². The fourth-order valence-electron chi connectivity index (χ4n) is 1.74. The van der Waals surface area contributed by atoms with E-state index in [-0.39, 0.29) is 11.4 Å². The number of benzene rings is 1. The van der Waals surface area contributed by atoms with Gasteiger partial charge in [-0.15, -0.1) is 0 Å². The van der Waals surface area contributed by atoms with Crippen LogP contribution in [-0.4, -0.2) is 16.4 Å². The number of hydrogen-bond acceptors (Lipinski definition) is 3. The summed E-state index contributed by atoms with van der Waals surface area (Å²) in [4.78, 5) is 16.1. The van der Waals surface area contributed by atoms with E-state index < -0.39 is 0 Å². The minimum absolute atomic E-state index is 0.135. The summed E-state index contributed by atoms with van der Waals surface area (Å²) in [6, 6.07) is 13.3. The Kier molecular flexibility index (Phi) is 4.58. The maximum atomic E-state index is 12.0. The van der Waals surface area contributed by atoms with Gasteiger partial charge in [0.25, 0.3) is 5.91 Å². The number of ether oxygens (including phenoxy) is 1. The largest absolute Gasteiger partial charge is 0.473 e. The highest BCUT2D eigenvalue weighted by Gasteiger charge is 2.15. The van der Waals surface area contributed by atoms with Crippen molar-refractivity contribution in [2.75, 3.05) is 0 Å². The molecule has 0 bridgehead atoms. The Morgan fingerprint density at radius 3 is 2.43 bits per heavy atom. The summed E-state index contributed by atoms with van der Waals surface area (Å²) in [6.45, 7) is 6.28. The average molecular weight is 284 g/mol. The maximum absolute atomic E-state index is 12.0. The molecule has 0 saturated heterocycles. The Bertz CT molecular complexity index is 586. The van der Waals surface area contributed by atoms with Gasteiger partial charge in [0.1, 0.15) is 6.61 Å². The predicted octanol–water partition coefficient (Wildman–Crippen LogP) is 3.19. The highest BCUT2D eigenvalue weighted by molar-refractivity contribution is 5.94. The van der Waals surface area contributed by atoms with Gasteiger partial charge in [-0.1, -0.05) is 30.3 Å². The van der Waals surface area contributed by atoms with E-state index in [9.17, 15) is 4.79 Å². The third-order valence-corrected chi connectivity index (χ3v) is 2.72. The van der Waals surface area contributed by atoms with E-state index in [1.807, 2.05) is 51.1 Å². The molecule has 0 fully saturated rings. The number of nitrogens with zero attached hydrogens (tertiary/aromatic N) is 1. The smallest absolute Gasteiger partial charge is 0.253 e. The minimum atomic E-state index is -0.264. The van der Waals surface area contributed by atoms with E-state index in [4.69, 9.17) is 4.74 Å². The van der Waals surface area contributed by atoms with Crippen LogP contribution in [0.5, 0.6) is 5.88 Å². The van der Waals surface area contributed by atoms with Crippen LogP contribution in [0.3, 0.4) is 0 Å². The second kappa shape index (κ2) is 6.39. The SMILES string of the molecule is CC(C)(C)NC(=O)c1ccc(OCc2ccccc2)nc1. The molecule has 0 spiro atoms. The van der Waals surface area contributed by atoms with E-state index in [0.717, 1.165) is 5.56 Å². The summed E-state index contributed by atoms with van der Waals surface area (Å²) in [7, 11) is 0. The van der Waals surface area contributed by atoms with Gasteiger partial charge in [-0.2, -0.15) is 0 Å². The van der Waals surface area contributed by atoms with E-state index in [1.165, 1.54) is 6.20 Å². The molecule has 110 valence electrons. The van der Waals surface area contributed by atoms with Crippen LogP contribution in [0.15, 0.2) is 48.7 Å². The van der Waals surface area contributed by atoms with Crippen molar-refractivity contribution in [3.05, 3.63) is 59.8 Å². The Hall–Kier alpha value is -2.36. The fourth-order valence-corrected chi connectivity index (χ4v) is 1.74. The predicted molar refractivity (Wildman–Crippen MR) is 82.2 cm³/mol. The van der Waals surface area contributed by atoms with Gasteiger partial charge in [0.15, 0.2) is 0 Å². The molecule has 0 aliphatic carbocycles. The van der Waals surface area contributed by atoms with Gasteiger partial charge in [-0.3, -0.25) is 4.79 Å². The van der Waals surface area contributed by atoms with Crippen molar-refractivity contribution < 1.29 is 9.53 Å². The zero-order valence-electron chi connectivity index (χ0n) is 12.6. The van der Waals surface area contributed by atoms with Crippen LogP contribution in [0.25, 0.3) is 0 Å². The summed E-state index contributed by atoms with van der Waals surface area (Å²) in [5, 5.41) is 2.89. The average Bonchev–Trinajstić information content (AvgIpc) is 2.45. The molecule has 0 unspecified atom stereocenters. The van der Waals surface area contributed by atoms with Gasteiger partial charge in [0.2, 0.25) is 5.88 Å². The molecule has 0 radical (unpaired) electrons. The number of rotatable bonds is 4. The molecule has 1 amide bonds. The Balaban J connectivity index is 1.94. The summed E-state index contributed by atoms with van der Waals surface area (Å²) in [6.07, 6.45) is 1.53. The van der Waals surface area contributed by atoms with Crippen molar-refractivity contribution in [2.24, 2.45) is 0 Å². The first-order chi connectivity index (χ1) is 9.94. The second-order valence-corrected chi connectivity index (χ2v) is 5.86. The van der Waals surface area contributed by atoms with Crippen LogP contribution in [0.1, 0.15) is 36.7 Å². The molecular formula is C17H20N2O2. The van der Waals surface area contributed by atoms with Crippen molar-refractivity contribution in [3.8, 4) is 5.88 Å². The van der Waals surface area contributed by atoms with Crippen molar-refractivity contribution in [1.82, 2.24) is 10.3 Å². The third-order valence-electron chi connectivity index (χ3n) is 2.72. The van der Waals surface area contributed by atoms with Gasteiger partial charge in [-0.25, -0.2) is 4.98 Å².